The molecule has 2 aliphatic heterocycles. The number of fused-ring (bicyclic) bond motifs is 10. The lowest BCUT2D eigenvalue weighted by Crippen LogP contribution is -2.81. The van der Waals surface area contributed by atoms with Gasteiger partial charge in [-0.25, -0.2) is 0 Å². The van der Waals surface area contributed by atoms with E-state index < -0.39 is 5.66 Å². The predicted octanol–water partition coefficient (Wildman–Crippen LogP) is 7.75. The van der Waals surface area contributed by atoms with Gasteiger partial charge >= 0.3 is 5.66 Å². The van der Waals surface area contributed by atoms with Crippen LogP contribution < -0.4 is 9.13 Å². The molecule has 4 atom stereocenters. The summed E-state index contributed by atoms with van der Waals surface area (Å²) in [4.78, 5) is 0. The number of hydrogen-bond acceptors (Lipinski definition) is 0. The first-order valence-electron chi connectivity index (χ1n) is 17.9. The van der Waals surface area contributed by atoms with Crippen LogP contribution in [0.3, 0.4) is 0 Å². The van der Waals surface area contributed by atoms with Crippen molar-refractivity contribution in [3.63, 3.8) is 0 Å². The molecule has 0 saturated heterocycles. The molecule has 4 heterocycles. The van der Waals surface area contributed by atoms with E-state index in [1.54, 1.807) is 16.7 Å². The molecule has 0 saturated carbocycles. The minimum absolute atomic E-state index is 0.187. The Morgan fingerprint density at radius 3 is 1.67 bits per heavy atom. The Hall–Kier alpha value is -5.60. The summed E-state index contributed by atoms with van der Waals surface area (Å²) < 4.78 is 5.49. The second-order valence-electron chi connectivity index (χ2n) is 15.1. The average Bonchev–Trinajstić information content (AvgIpc) is 3.15. The van der Waals surface area contributed by atoms with Crippen molar-refractivity contribution in [2.45, 2.75) is 42.7 Å². The lowest BCUT2D eigenvalue weighted by atomic mass is 9.56. The first-order valence-corrected chi connectivity index (χ1v) is 17.9. The molecule has 4 unspecified atom stereocenters. The molecule has 1 spiro atoms. The number of hydrogen-bond donors (Lipinski definition) is 0. The van der Waals surface area contributed by atoms with Crippen LogP contribution in [0.5, 0.6) is 0 Å². The standard InChI is InChI=1S/C47H32N2/c1-4-15-33-28(12-1)24-31-26-32-25-29-13-3-6-17-35(29)43-38-20-7-8-21-48(38)47-44-36(41(33)39(31)45(47)40(32)43)18-9-19-37(44)42-34-16-5-2-11-27(34)23-30-14-10-22-49(47)46(30)42/h1-22,26,41-43H,23-25H2/q+2. The van der Waals surface area contributed by atoms with Crippen LogP contribution in [-0.4, -0.2) is 0 Å². The van der Waals surface area contributed by atoms with E-state index in [9.17, 15) is 0 Å². The third kappa shape index (κ3) is 2.76. The summed E-state index contributed by atoms with van der Waals surface area (Å²) in [6.07, 6.45) is 7.79. The Morgan fingerprint density at radius 1 is 0.408 bits per heavy atom. The lowest BCUT2D eigenvalue weighted by Gasteiger charge is -2.49. The van der Waals surface area contributed by atoms with Crippen LogP contribution in [0.1, 0.15) is 113 Å². The molecule has 0 radical (unpaired) electrons. The molecule has 0 fully saturated rings. The van der Waals surface area contributed by atoms with Crippen LogP contribution in [-0.2, 0) is 24.9 Å². The normalized spacial score (nSPS) is 22.7. The summed E-state index contributed by atoms with van der Waals surface area (Å²) in [6, 6.07) is 49.5. The fraction of sp³-hybridized carbons (Fsp3) is 0.149. The number of benzene rings is 5. The summed E-state index contributed by atoms with van der Waals surface area (Å²) in [5.41, 5.74) is 24.7. The molecular formula is C47H32N2+2. The zero-order valence-electron chi connectivity index (χ0n) is 27.0. The van der Waals surface area contributed by atoms with Crippen molar-refractivity contribution in [3.05, 3.63) is 235 Å². The summed E-state index contributed by atoms with van der Waals surface area (Å²) in [6.45, 7) is 0. The first kappa shape index (κ1) is 25.4. The van der Waals surface area contributed by atoms with Gasteiger partial charge in [0.1, 0.15) is 11.1 Å². The van der Waals surface area contributed by atoms with Gasteiger partial charge in [0.2, 0.25) is 11.4 Å². The maximum atomic E-state index is 2.77. The molecule has 0 amide bonds. The monoisotopic (exact) mass is 624 g/mol. The van der Waals surface area contributed by atoms with E-state index >= 15 is 0 Å². The topological polar surface area (TPSA) is 7.76 Å². The van der Waals surface area contributed by atoms with Gasteiger partial charge in [-0.1, -0.05) is 103 Å². The highest BCUT2D eigenvalue weighted by molar-refractivity contribution is 5.73. The Bertz CT molecular complexity index is 2650. The summed E-state index contributed by atoms with van der Waals surface area (Å²) >= 11 is 0. The van der Waals surface area contributed by atoms with Gasteiger partial charge in [0.05, 0.1) is 11.8 Å². The third-order valence-corrected chi connectivity index (χ3v) is 13.1. The van der Waals surface area contributed by atoms with Gasteiger partial charge in [-0.05, 0) is 85.7 Å². The van der Waals surface area contributed by atoms with Crippen LogP contribution in [0.25, 0.3) is 0 Å². The molecule has 2 aromatic heterocycles. The predicted molar refractivity (Wildman–Crippen MR) is 188 cm³/mol. The highest BCUT2D eigenvalue weighted by atomic mass is 15.3. The molecular weight excluding hydrogens is 593 g/mol. The Balaban J connectivity index is 1.28. The molecule has 4 aliphatic carbocycles. The maximum Gasteiger partial charge on any atom is 0.416 e. The fourth-order valence-corrected chi connectivity index (χ4v) is 11.6. The van der Waals surface area contributed by atoms with E-state index in [4.69, 9.17) is 0 Å². The van der Waals surface area contributed by atoms with Crippen LogP contribution >= 0.6 is 0 Å². The summed E-state index contributed by atoms with van der Waals surface area (Å²) in [5, 5.41) is 0. The smallest absolute Gasteiger partial charge is 0.129 e. The number of rotatable bonds is 0. The molecule has 0 bridgehead atoms. The van der Waals surface area contributed by atoms with Crippen molar-refractivity contribution >= 4 is 0 Å². The molecule has 5 aromatic carbocycles. The number of nitrogens with zero attached hydrogens (tertiary/aromatic N) is 2. The second kappa shape index (κ2) is 8.51. The van der Waals surface area contributed by atoms with Gasteiger partial charge in [-0.3, -0.25) is 0 Å². The highest BCUT2D eigenvalue weighted by Gasteiger charge is 2.71. The number of aromatic nitrogens is 2. The molecule has 13 rings (SSSR count). The van der Waals surface area contributed by atoms with E-state index in [0.717, 1.165) is 19.3 Å². The van der Waals surface area contributed by atoms with E-state index in [-0.39, 0.29) is 17.8 Å². The van der Waals surface area contributed by atoms with Crippen LogP contribution in [0.2, 0.25) is 0 Å². The van der Waals surface area contributed by atoms with E-state index in [1.165, 1.54) is 78.1 Å². The van der Waals surface area contributed by atoms with E-state index in [1.807, 2.05) is 0 Å². The van der Waals surface area contributed by atoms with E-state index in [2.05, 4.69) is 149 Å². The van der Waals surface area contributed by atoms with Gasteiger partial charge in [0.15, 0.2) is 12.4 Å². The zero-order valence-corrected chi connectivity index (χ0v) is 27.0. The van der Waals surface area contributed by atoms with E-state index in [0.29, 0.717) is 0 Å². The average molecular weight is 625 g/mol. The fourth-order valence-electron chi connectivity index (χ4n) is 11.6. The molecule has 0 N–H and O–H groups in total. The molecule has 49 heavy (non-hydrogen) atoms. The van der Waals surface area contributed by atoms with Crippen LogP contribution in [0, 0.1) is 0 Å². The van der Waals surface area contributed by atoms with Gasteiger partial charge in [0.25, 0.3) is 0 Å². The highest BCUT2D eigenvalue weighted by Crippen LogP contribution is 2.61. The molecule has 2 heteroatoms. The number of pyridine rings is 2. The van der Waals surface area contributed by atoms with Crippen molar-refractivity contribution in [1.29, 1.82) is 0 Å². The van der Waals surface area contributed by atoms with Crippen LogP contribution in [0.4, 0.5) is 0 Å². The quantitative estimate of drug-likeness (QED) is 0.153. The maximum absolute atomic E-state index is 2.77. The van der Waals surface area contributed by atoms with Crippen LogP contribution in [0.15, 0.2) is 140 Å². The van der Waals surface area contributed by atoms with Crippen molar-refractivity contribution in [3.8, 4) is 0 Å². The van der Waals surface area contributed by atoms with Gasteiger partial charge in [0, 0.05) is 36.1 Å². The summed E-state index contributed by atoms with van der Waals surface area (Å²) in [7, 11) is 0. The van der Waals surface area contributed by atoms with Crippen molar-refractivity contribution in [2.24, 2.45) is 0 Å². The lowest BCUT2D eigenvalue weighted by molar-refractivity contribution is -0.980. The summed E-state index contributed by atoms with van der Waals surface area (Å²) in [5.74, 6) is 0.584. The Morgan fingerprint density at radius 2 is 0.939 bits per heavy atom. The van der Waals surface area contributed by atoms with Gasteiger partial charge < -0.3 is 0 Å². The molecule has 6 aliphatic rings. The molecule has 228 valence electrons. The van der Waals surface area contributed by atoms with Crippen molar-refractivity contribution in [1.82, 2.24) is 0 Å². The first-order chi connectivity index (χ1) is 24.3. The molecule has 7 aromatic rings. The Labute approximate surface area is 285 Å². The third-order valence-electron chi connectivity index (χ3n) is 13.1. The van der Waals surface area contributed by atoms with Gasteiger partial charge in [-0.2, -0.15) is 0 Å². The van der Waals surface area contributed by atoms with Gasteiger partial charge in [-0.15, -0.1) is 9.13 Å². The minimum Gasteiger partial charge on any atom is -0.129 e. The molecule has 2 nitrogen and oxygen atoms in total. The minimum atomic E-state index is -0.530. The second-order valence-corrected chi connectivity index (χ2v) is 15.1. The Kier molecular flexibility index (Phi) is 4.42. The zero-order chi connectivity index (χ0) is 31.6. The SMILES string of the molecule is c1ccc2c(c1)Cc1cc3c4c5c1C2c1cccc2c1C5([n+]1ccccc1C4c1ccccc1C3)[n+]1cccc3c1C2c1ccccc1C3. The largest absolute Gasteiger partial charge is 0.416 e. The van der Waals surface area contributed by atoms with Crippen molar-refractivity contribution in [2.75, 3.05) is 0 Å². The van der Waals surface area contributed by atoms with Crippen molar-refractivity contribution < 1.29 is 9.13 Å².